The van der Waals surface area contributed by atoms with Crippen molar-refractivity contribution in [3.05, 3.63) is 58.6 Å². The normalized spacial score (nSPS) is 11.9. The van der Waals surface area contributed by atoms with Crippen LogP contribution in [0.25, 0.3) is 0 Å². The lowest BCUT2D eigenvalue weighted by atomic mass is 10.1. The van der Waals surface area contributed by atoms with Crippen LogP contribution in [0.4, 0.5) is 13.2 Å². The molecule has 2 aromatic rings. The van der Waals surface area contributed by atoms with Crippen LogP contribution in [0.15, 0.2) is 47.4 Å². The van der Waals surface area contributed by atoms with Crippen molar-refractivity contribution in [2.45, 2.75) is 23.9 Å². The highest BCUT2D eigenvalue weighted by atomic mass is 35.5. The SMILES string of the molecule is COc1ccc(CCNC(=O)CCNS(=O)(=O)c2ccc(Cl)c(C(F)(F)F)c2)cc1. The molecule has 0 aliphatic carbocycles. The van der Waals surface area contributed by atoms with E-state index >= 15 is 0 Å². The summed E-state index contributed by atoms with van der Waals surface area (Å²) in [5.41, 5.74) is -0.261. The molecule has 0 aliphatic heterocycles. The molecule has 1 amide bonds. The summed E-state index contributed by atoms with van der Waals surface area (Å²) in [6.45, 7) is 0.0880. The van der Waals surface area contributed by atoms with E-state index in [2.05, 4.69) is 10.0 Å². The van der Waals surface area contributed by atoms with Gasteiger partial charge < -0.3 is 10.1 Å². The van der Waals surface area contributed by atoms with Crippen LogP contribution < -0.4 is 14.8 Å². The van der Waals surface area contributed by atoms with Gasteiger partial charge in [-0.25, -0.2) is 13.1 Å². The van der Waals surface area contributed by atoms with Crippen molar-refractivity contribution >= 4 is 27.5 Å². The molecule has 0 radical (unpaired) electrons. The molecule has 0 fully saturated rings. The fourth-order valence-electron chi connectivity index (χ4n) is 2.50. The summed E-state index contributed by atoms with van der Waals surface area (Å²) in [5.74, 6) is 0.330. The molecule has 0 unspecified atom stereocenters. The minimum atomic E-state index is -4.79. The number of hydrogen-bond acceptors (Lipinski definition) is 4. The molecule has 0 bridgehead atoms. The third kappa shape index (κ3) is 6.89. The van der Waals surface area contributed by atoms with Crippen LogP contribution in [0.1, 0.15) is 17.5 Å². The van der Waals surface area contributed by atoms with E-state index in [0.29, 0.717) is 19.0 Å². The third-order valence-electron chi connectivity index (χ3n) is 4.09. The Morgan fingerprint density at radius 2 is 1.77 bits per heavy atom. The first-order valence-electron chi connectivity index (χ1n) is 8.79. The first-order chi connectivity index (χ1) is 14.0. The Balaban J connectivity index is 1.82. The minimum Gasteiger partial charge on any atom is -0.497 e. The zero-order valence-electron chi connectivity index (χ0n) is 15.9. The molecule has 2 N–H and O–H groups in total. The number of alkyl halides is 3. The molecule has 0 saturated carbocycles. The predicted octanol–water partition coefficient (Wildman–Crippen LogP) is 3.39. The topological polar surface area (TPSA) is 84.5 Å². The number of halogens is 4. The second-order valence-electron chi connectivity index (χ2n) is 6.24. The first kappa shape index (κ1) is 24.0. The number of hydrogen-bond donors (Lipinski definition) is 2. The van der Waals surface area contributed by atoms with Crippen LogP contribution in [0.5, 0.6) is 5.75 Å². The van der Waals surface area contributed by atoms with Crippen molar-refractivity contribution < 1.29 is 31.1 Å². The molecule has 0 aromatic heterocycles. The van der Waals surface area contributed by atoms with Crippen LogP contribution in [-0.4, -0.2) is 34.5 Å². The summed E-state index contributed by atoms with van der Waals surface area (Å²) in [7, 11) is -2.66. The lowest BCUT2D eigenvalue weighted by Crippen LogP contribution is -2.31. The van der Waals surface area contributed by atoms with Gasteiger partial charge in [0.2, 0.25) is 15.9 Å². The molecular weight excluding hydrogens is 445 g/mol. The van der Waals surface area contributed by atoms with E-state index in [0.717, 1.165) is 23.4 Å². The monoisotopic (exact) mass is 464 g/mol. The van der Waals surface area contributed by atoms with Crippen LogP contribution in [0.3, 0.4) is 0 Å². The Morgan fingerprint density at radius 3 is 2.37 bits per heavy atom. The average molecular weight is 465 g/mol. The zero-order valence-corrected chi connectivity index (χ0v) is 17.5. The molecule has 0 aliphatic rings. The van der Waals surface area contributed by atoms with Gasteiger partial charge in [-0.1, -0.05) is 23.7 Å². The van der Waals surface area contributed by atoms with Crippen LogP contribution in [0.2, 0.25) is 5.02 Å². The van der Waals surface area contributed by atoms with Gasteiger partial charge in [-0.2, -0.15) is 13.2 Å². The van der Waals surface area contributed by atoms with Gasteiger partial charge in [0.25, 0.3) is 0 Å². The molecule has 11 heteroatoms. The molecule has 2 aromatic carbocycles. The molecule has 6 nitrogen and oxygen atoms in total. The van der Waals surface area contributed by atoms with Gasteiger partial charge in [-0.3, -0.25) is 4.79 Å². The predicted molar refractivity (Wildman–Crippen MR) is 106 cm³/mol. The number of sulfonamides is 1. The van der Waals surface area contributed by atoms with E-state index in [4.69, 9.17) is 16.3 Å². The van der Waals surface area contributed by atoms with Gasteiger partial charge in [0.1, 0.15) is 5.75 Å². The molecule has 0 saturated heterocycles. The molecule has 0 heterocycles. The molecular formula is C19H20ClF3N2O4S. The highest BCUT2D eigenvalue weighted by molar-refractivity contribution is 7.89. The lowest BCUT2D eigenvalue weighted by Gasteiger charge is -2.12. The van der Waals surface area contributed by atoms with Crippen molar-refractivity contribution in [2.24, 2.45) is 0 Å². The second kappa shape index (κ2) is 10.1. The van der Waals surface area contributed by atoms with Gasteiger partial charge >= 0.3 is 6.18 Å². The van der Waals surface area contributed by atoms with Crippen molar-refractivity contribution in [3.8, 4) is 5.75 Å². The Hall–Kier alpha value is -2.30. The summed E-state index contributed by atoms with van der Waals surface area (Å²) in [6, 6.07) is 9.61. The van der Waals surface area contributed by atoms with Crippen LogP contribution in [0, 0.1) is 0 Å². The summed E-state index contributed by atoms with van der Waals surface area (Å²) in [6.07, 6.45) is -4.37. The number of methoxy groups -OCH3 is 1. The maximum Gasteiger partial charge on any atom is 0.417 e. The number of rotatable bonds is 9. The van der Waals surface area contributed by atoms with Crippen molar-refractivity contribution in [3.63, 3.8) is 0 Å². The average Bonchev–Trinajstić information content (AvgIpc) is 2.67. The van der Waals surface area contributed by atoms with E-state index in [1.165, 1.54) is 0 Å². The smallest absolute Gasteiger partial charge is 0.417 e. The fourth-order valence-corrected chi connectivity index (χ4v) is 3.78. The highest BCUT2D eigenvalue weighted by Crippen LogP contribution is 2.35. The Morgan fingerprint density at radius 1 is 1.10 bits per heavy atom. The van der Waals surface area contributed by atoms with E-state index < -0.39 is 37.6 Å². The number of nitrogens with one attached hydrogen (secondary N) is 2. The number of benzene rings is 2. The Bertz CT molecular complexity index is 980. The van der Waals surface area contributed by atoms with Crippen molar-refractivity contribution in [1.82, 2.24) is 10.0 Å². The molecule has 164 valence electrons. The number of carbonyl (C=O) groups excluding carboxylic acids is 1. The second-order valence-corrected chi connectivity index (χ2v) is 8.41. The minimum absolute atomic E-state index is 0.165. The lowest BCUT2D eigenvalue weighted by molar-refractivity contribution is -0.137. The number of carbonyl (C=O) groups is 1. The Labute approximate surface area is 177 Å². The third-order valence-corrected chi connectivity index (χ3v) is 5.88. The summed E-state index contributed by atoms with van der Waals surface area (Å²) >= 11 is 5.49. The van der Waals surface area contributed by atoms with E-state index in [1.807, 2.05) is 12.1 Å². The first-order valence-corrected chi connectivity index (χ1v) is 10.6. The standard InChI is InChI=1S/C19H20ClF3N2O4S/c1-29-14-4-2-13(3-5-14)8-10-24-18(26)9-11-25-30(27,28)15-6-7-17(20)16(12-15)19(21,22)23/h2-7,12,25H,8-11H2,1H3,(H,24,26). The van der Waals surface area contributed by atoms with E-state index in [-0.39, 0.29) is 13.0 Å². The largest absolute Gasteiger partial charge is 0.497 e. The van der Waals surface area contributed by atoms with Gasteiger partial charge in [0.15, 0.2) is 0 Å². The number of ether oxygens (including phenoxy) is 1. The quantitative estimate of drug-likeness (QED) is 0.595. The Kier molecular flexibility index (Phi) is 8.10. The van der Waals surface area contributed by atoms with E-state index in [9.17, 15) is 26.4 Å². The van der Waals surface area contributed by atoms with E-state index in [1.54, 1.807) is 19.2 Å². The molecule has 2 rings (SSSR count). The summed E-state index contributed by atoms with van der Waals surface area (Å²) in [4.78, 5) is 11.3. The van der Waals surface area contributed by atoms with Gasteiger partial charge in [0.05, 0.1) is 22.6 Å². The molecule has 0 spiro atoms. The summed E-state index contributed by atoms with van der Waals surface area (Å²) in [5, 5.41) is 2.05. The molecule has 0 atom stereocenters. The van der Waals surface area contributed by atoms with Crippen LogP contribution >= 0.6 is 11.6 Å². The van der Waals surface area contributed by atoms with Gasteiger partial charge in [-0.15, -0.1) is 0 Å². The zero-order chi connectivity index (χ0) is 22.4. The van der Waals surface area contributed by atoms with Gasteiger partial charge in [0, 0.05) is 19.5 Å². The molecule has 30 heavy (non-hydrogen) atoms. The number of amides is 1. The highest BCUT2D eigenvalue weighted by Gasteiger charge is 2.34. The van der Waals surface area contributed by atoms with Gasteiger partial charge in [-0.05, 0) is 42.3 Å². The fraction of sp³-hybridized carbons (Fsp3) is 0.316. The maximum absolute atomic E-state index is 12.9. The van der Waals surface area contributed by atoms with Crippen molar-refractivity contribution in [2.75, 3.05) is 20.2 Å². The van der Waals surface area contributed by atoms with Crippen molar-refractivity contribution in [1.29, 1.82) is 0 Å². The van der Waals surface area contributed by atoms with Crippen LogP contribution in [-0.2, 0) is 27.4 Å². The maximum atomic E-state index is 12.9. The summed E-state index contributed by atoms with van der Waals surface area (Å²) < 4.78 is 70.2.